The van der Waals surface area contributed by atoms with Crippen LogP contribution >= 0.6 is 11.3 Å². The van der Waals surface area contributed by atoms with Crippen LogP contribution in [-0.4, -0.2) is 19.6 Å². The van der Waals surface area contributed by atoms with E-state index < -0.39 is 0 Å². The van der Waals surface area contributed by atoms with E-state index in [1.807, 2.05) is 0 Å². The number of nitrogens with zero attached hydrogens (tertiary/aromatic N) is 1. The molecule has 0 bridgehead atoms. The van der Waals surface area contributed by atoms with Crippen molar-refractivity contribution >= 4 is 16.3 Å². The summed E-state index contributed by atoms with van der Waals surface area (Å²) in [6.45, 7) is 1.16. The summed E-state index contributed by atoms with van der Waals surface area (Å²) in [7, 11) is 2.16. The second kappa shape index (κ2) is 3.68. The first-order chi connectivity index (χ1) is 6.25. The van der Waals surface area contributed by atoms with Gasteiger partial charge in [0.15, 0.2) is 0 Å². The quantitative estimate of drug-likeness (QED) is 0.800. The van der Waals surface area contributed by atoms with E-state index >= 15 is 0 Å². The molecule has 13 heavy (non-hydrogen) atoms. The monoisotopic (exact) mass is 196 g/mol. The molecule has 1 fully saturated rings. The molecule has 0 aromatic carbocycles. The van der Waals surface area contributed by atoms with Crippen molar-refractivity contribution in [3.63, 3.8) is 0 Å². The fourth-order valence-electron chi connectivity index (χ4n) is 1.90. The normalized spacial score (nSPS) is 26.9. The minimum Gasteiger partial charge on any atom is -0.366 e. The maximum Gasteiger partial charge on any atom is 0.0905 e. The molecule has 0 unspecified atom stereocenters. The van der Waals surface area contributed by atoms with Crippen LogP contribution in [0.15, 0.2) is 17.5 Å². The first-order valence-electron chi connectivity index (χ1n) is 4.76. The summed E-state index contributed by atoms with van der Waals surface area (Å²) in [5.74, 6) is 0.821. The molecule has 0 radical (unpaired) electrons. The van der Waals surface area contributed by atoms with Gasteiger partial charge in [0.2, 0.25) is 0 Å². The largest absolute Gasteiger partial charge is 0.366 e. The Hall–Kier alpha value is -0.540. The van der Waals surface area contributed by atoms with Gasteiger partial charge < -0.3 is 10.6 Å². The van der Waals surface area contributed by atoms with Gasteiger partial charge in [-0.3, -0.25) is 0 Å². The maximum absolute atomic E-state index is 5.75. The van der Waals surface area contributed by atoms with Gasteiger partial charge in [-0.15, -0.1) is 11.3 Å². The minimum absolute atomic E-state index is 0.474. The summed E-state index contributed by atoms with van der Waals surface area (Å²) in [4.78, 5) is 2.33. The SMILES string of the molecule is CN(CC1CC(N)C1)c1cccs1. The molecule has 1 aromatic rings. The zero-order valence-corrected chi connectivity index (χ0v) is 8.76. The molecule has 2 nitrogen and oxygen atoms in total. The summed E-state index contributed by atoms with van der Waals surface area (Å²) in [5, 5.41) is 3.48. The molecule has 2 rings (SSSR count). The van der Waals surface area contributed by atoms with E-state index in [9.17, 15) is 0 Å². The lowest BCUT2D eigenvalue weighted by molar-refractivity contribution is 0.271. The van der Waals surface area contributed by atoms with Crippen LogP contribution in [0.3, 0.4) is 0 Å². The summed E-state index contributed by atoms with van der Waals surface area (Å²) < 4.78 is 0. The van der Waals surface area contributed by atoms with Crippen LogP contribution in [0.25, 0.3) is 0 Å². The van der Waals surface area contributed by atoms with Crippen LogP contribution in [0.4, 0.5) is 5.00 Å². The van der Waals surface area contributed by atoms with Gasteiger partial charge in [-0.1, -0.05) is 0 Å². The number of hydrogen-bond donors (Lipinski definition) is 1. The standard InChI is InChI=1S/C10H16N2S/c1-12(10-3-2-4-13-10)7-8-5-9(11)6-8/h2-4,8-9H,5-7,11H2,1H3. The van der Waals surface area contributed by atoms with E-state index in [-0.39, 0.29) is 0 Å². The molecule has 72 valence electrons. The Morgan fingerprint density at radius 1 is 1.62 bits per heavy atom. The fraction of sp³-hybridized carbons (Fsp3) is 0.600. The molecule has 1 aliphatic carbocycles. The molecular weight excluding hydrogens is 180 g/mol. The highest BCUT2D eigenvalue weighted by Crippen LogP contribution is 2.29. The predicted molar refractivity (Wildman–Crippen MR) is 58.3 cm³/mol. The van der Waals surface area contributed by atoms with Gasteiger partial charge in [-0.25, -0.2) is 0 Å². The molecule has 0 saturated heterocycles. The van der Waals surface area contributed by atoms with E-state index in [1.165, 1.54) is 17.8 Å². The molecule has 0 amide bonds. The smallest absolute Gasteiger partial charge is 0.0905 e. The first kappa shape index (κ1) is 9.03. The molecule has 0 spiro atoms. The number of nitrogens with two attached hydrogens (primary N) is 1. The molecule has 1 aliphatic rings. The Morgan fingerprint density at radius 3 is 2.92 bits per heavy atom. The lowest BCUT2D eigenvalue weighted by atomic mass is 9.81. The van der Waals surface area contributed by atoms with Crippen molar-refractivity contribution in [1.29, 1.82) is 0 Å². The topological polar surface area (TPSA) is 29.3 Å². The number of anilines is 1. The number of thiophene rings is 1. The third-order valence-electron chi connectivity index (χ3n) is 2.69. The second-order valence-electron chi connectivity index (χ2n) is 3.93. The van der Waals surface area contributed by atoms with Crippen LogP contribution in [0.2, 0.25) is 0 Å². The predicted octanol–water partition coefficient (Wildman–Crippen LogP) is 1.92. The zero-order valence-electron chi connectivity index (χ0n) is 7.94. The molecule has 2 N–H and O–H groups in total. The van der Waals surface area contributed by atoms with Gasteiger partial charge in [-0.2, -0.15) is 0 Å². The van der Waals surface area contributed by atoms with E-state index in [4.69, 9.17) is 5.73 Å². The highest BCUT2D eigenvalue weighted by Gasteiger charge is 2.26. The van der Waals surface area contributed by atoms with Crippen LogP contribution in [0.1, 0.15) is 12.8 Å². The minimum atomic E-state index is 0.474. The molecular formula is C10H16N2S. The van der Waals surface area contributed by atoms with Crippen molar-refractivity contribution in [2.24, 2.45) is 11.7 Å². The molecule has 1 aromatic heterocycles. The lowest BCUT2D eigenvalue weighted by Gasteiger charge is -2.35. The highest BCUT2D eigenvalue weighted by atomic mass is 32.1. The van der Waals surface area contributed by atoms with Gasteiger partial charge in [0.1, 0.15) is 0 Å². The van der Waals surface area contributed by atoms with Crippen molar-refractivity contribution in [1.82, 2.24) is 0 Å². The molecule has 1 heterocycles. The molecule has 3 heteroatoms. The zero-order chi connectivity index (χ0) is 9.26. The van der Waals surface area contributed by atoms with Gasteiger partial charge in [0, 0.05) is 19.6 Å². The third-order valence-corrected chi connectivity index (χ3v) is 3.67. The average molecular weight is 196 g/mol. The lowest BCUT2D eigenvalue weighted by Crippen LogP contribution is -2.41. The van der Waals surface area contributed by atoms with Crippen LogP contribution < -0.4 is 10.6 Å². The van der Waals surface area contributed by atoms with E-state index in [0.29, 0.717) is 6.04 Å². The third kappa shape index (κ3) is 2.03. The van der Waals surface area contributed by atoms with Gasteiger partial charge >= 0.3 is 0 Å². The maximum atomic E-state index is 5.75. The molecule has 0 atom stereocenters. The average Bonchev–Trinajstić information content (AvgIpc) is 2.53. The summed E-state index contributed by atoms with van der Waals surface area (Å²) in [6, 6.07) is 4.74. The van der Waals surface area contributed by atoms with E-state index in [2.05, 4.69) is 29.5 Å². The van der Waals surface area contributed by atoms with Gasteiger partial charge in [0.05, 0.1) is 5.00 Å². The molecule has 0 aliphatic heterocycles. The van der Waals surface area contributed by atoms with Crippen molar-refractivity contribution in [3.8, 4) is 0 Å². The van der Waals surface area contributed by atoms with Crippen molar-refractivity contribution < 1.29 is 0 Å². The van der Waals surface area contributed by atoms with Gasteiger partial charge in [0.25, 0.3) is 0 Å². The van der Waals surface area contributed by atoms with E-state index in [0.717, 1.165) is 12.5 Å². The first-order valence-corrected chi connectivity index (χ1v) is 5.64. The Kier molecular flexibility index (Phi) is 2.56. The number of hydrogen-bond acceptors (Lipinski definition) is 3. The number of rotatable bonds is 3. The van der Waals surface area contributed by atoms with Crippen molar-refractivity contribution in [2.75, 3.05) is 18.5 Å². The Bertz CT molecular complexity index is 252. The van der Waals surface area contributed by atoms with Crippen LogP contribution in [0.5, 0.6) is 0 Å². The summed E-state index contributed by atoms with van der Waals surface area (Å²) in [5.41, 5.74) is 5.75. The Morgan fingerprint density at radius 2 is 2.38 bits per heavy atom. The van der Waals surface area contributed by atoms with E-state index in [1.54, 1.807) is 11.3 Å². The highest BCUT2D eigenvalue weighted by molar-refractivity contribution is 7.14. The van der Waals surface area contributed by atoms with Crippen molar-refractivity contribution in [2.45, 2.75) is 18.9 Å². The van der Waals surface area contributed by atoms with Gasteiger partial charge in [-0.05, 0) is 36.3 Å². The summed E-state index contributed by atoms with van der Waals surface area (Å²) >= 11 is 1.80. The molecule has 1 saturated carbocycles. The summed E-state index contributed by atoms with van der Waals surface area (Å²) in [6.07, 6.45) is 2.41. The Balaban J connectivity index is 1.82. The van der Waals surface area contributed by atoms with Crippen LogP contribution in [0, 0.1) is 5.92 Å². The van der Waals surface area contributed by atoms with Crippen molar-refractivity contribution in [3.05, 3.63) is 17.5 Å². The van der Waals surface area contributed by atoms with Crippen LogP contribution in [-0.2, 0) is 0 Å². The fourth-order valence-corrected chi connectivity index (χ4v) is 2.61. The second-order valence-corrected chi connectivity index (χ2v) is 4.86. The Labute approximate surface area is 83.4 Å².